The number of rotatable bonds is 5. The molecular formula is C34H38N2O5. The van der Waals surface area contributed by atoms with Gasteiger partial charge in [-0.05, 0) is 58.7 Å². The number of methoxy groups -OCH3 is 3. The zero-order valence-electron chi connectivity index (χ0n) is 24.8. The average Bonchev–Trinajstić information content (AvgIpc) is 3.10. The maximum Gasteiger partial charge on any atom is 0.224 e. The molecule has 0 aromatic heterocycles. The summed E-state index contributed by atoms with van der Waals surface area (Å²) in [6, 6.07) is 19.2. The molecule has 7 heteroatoms. The lowest BCUT2D eigenvalue weighted by molar-refractivity contribution is -0.117. The predicted octanol–water partition coefficient (Wildman–Crippen LogP) is 6.93. The second-order valence-electron chi connectivity index (χ2n) is 11.7. The number of allylic oxidation sites excluding steroid dienone is 1. The van der Waals surface area contributed by atoms with Gasteiger partial charge in [0.1, 0.15) is 0 Å². The Bertz CT molecular complexity index is 1490. The van der Waals surface area contributed by atoms with Crippen molar-refractivity contribution in [3.05, 3.63) is 88.6 Å². The van der Waals surface area contributed by atoms with Crippen molar-refractivity contribution in [1.29, 1.82) is 0 Å². The van der Waals surface area contributed by atoms with Gasteiger partial charge in [0.2, 0.25) is 11.7 Å². The highest BCUT2D eigenvalue weighted by atomic mass is 16.5. The summed E-state index contributed by atoms with van der Waals surface area (Å²) in [6.45, 7) is 8.11. The highest BCUT2D eigenvalue weighted by Gasteiger charge is 2.41. The maximum absolute atomic E-state index is 14.2. The molecule has 5 rings (SSSR count). The van der Waals surface area contributed by atoms with E-state index in [0.29, 0.717) is 46.9 Å². The minimum absolute atomic E-state index is 0.00135. The molecule has 7 nitrogen and oxygen atoms in total. The van der Waals surface area contributed by atoms with E-state index < -0.39 is 6.04 Å². The number of carbonyl (C=O) groups is 2. The number of ether oxygens (including phenoxy) is 3. The van der Waals surface area contributed by atoms with Gasteiger partial charge in [0.15, 0.2) is 17.3 Å². The van der Waals surface area contributed by atoms with Crippen molar-refractivity contribution in [3.8, 4) is 17.2 Å². The summed E-state index contributed by atoms with van der Waals surface area (Å²) in [6.07, 6.45) is 0.981. The van der Waals surface area contributed by atoms with E-state index >= 15 is 0 Å². The number of para-hydroxylation sites is 2. The van der Waals surface area contributed by atoms with Gasteiger partial charge in [-0.25, -0.2) is 0 Å². The first-order valence-corrected chi connectivity index (χ1v) is 13.9. The molecule has 0 spiro atoms. The smallest absolute Gasteiger partial charge is 0.224 e. The fourth-order valence-corrected chi connectivity index (χ4v) is 6.00. The number of fused-ring (bicyclic) bond motifs is 1. The number of hydrogen-bond donors (Lipinski definition) is 1. The van der Waals surface area contributed by atoms with Gasteiger partial charge >= 0.3 is 0 Å². The van der Waals surface area contributed by atoms with E-state index in [1.807, 2.05) is 36.4 Å². The fourth-order valence-electron chi connectivity index (χ4n) is 6.00. The average molecular weight is 555 g/mol. The molecule has 1 heterocycles. The van der Waals surface area contributed by atoms with Gasteiger partial charge in [0.25, 0.3) is 0 Å². The van der Waals surface area contributed by atoms with E-state index in [9.17, 15) is 9.59 Å². The molecule has 41 heavy (non-hydrogen) atoms. The van der Waals surface area contributed by atoms with E-state index in [4.69, 9.17) is 14.2 Å². The van der Waals surface area contributed by atoms with Crippen molar-refractivity contribution < 1.29 is 23.8 Å². The summed E-state index contributed by atoms with van der Waals surface area (Å²) in [5.41, 5.74) is 6.01. The van der Waals surface area contributed by atoms with Crippen molar-refractivity contribution in [1.82, 2.24) is 0 Å². The molecule has 2 aliphatic rings. The summed E-state index contributed by atoms with van der Waals surface area (Å²) in [4.78, 5) is 29.3. The van der Waals surface area contributed by atoms with Gasteiger partial charge < -0.3 is 19.5 Å². The van der Waals surface area contributed by atoms with Crippen molar-refractivity contribution in [2.45, 2.75) is 57.9 Å². The number of amides is 1. The number of benzene rings is 3. The predicted molar refractivity (Wildman–Crippen MR) is 161 cm³/mol. The topological polar surface area (TPSA) is 77.1 Å². The first kappa shape index (κ1) is 28.3. The molecule has 1 aliphatic carbocycles. The van der Waals surface area contributed by atoms with Crippen molar-refractivity contribution in [3.63, 3.8) is 0 Å². The summed E-state index contributed by atoms with van der Waals surface area (Å²) >= 11 is 0. The molecule has 0 saturated carbocycles. The Morgan fingerprint density at radius 3 is 2.07 bits per heavy atom. The van der Waals surface area contributed by atoms with Gasteiger partial charge in [-0.3, -0.25) is 14.5 Å². The number of carbonyl (C=O) groups excluding carboxylic acids is 2. The lowest BCUT2D eigenvalue weighted by Gasteiger charge is -2.35. The second-order valence-corrected chi connectivity index (χ2v) is 11.7. The Balaban J connectivity index is 1.69. The molecule has 1 aliphatic heterocycles. The Labute approximate surface area is 242 Å². The van der Waals surface area contributed by atoms with E-state index in [1.165, 1.54) is 12.5 Å². The largest absolute Gasteiger partial charge is 0.493 e. The number of hydrogen-bond acceptors (Lipinski definition) is 6. The number of nitrogens with one attached hydrogen (secondary N) is 1. The van der Waals surface area contributed by atoms with Gasteiger partial charge in [-0.1, -0.05) is 57.2 Å². The quantitative estimate of drug-likeness (QED) is 0.369. The van der Waals surface area contributed by atoms with Crippen LogP contribution in [-0.2, 0) is 15.0 Å². The molecule has 0 unspecified atom stereocenters. The van der Waals surface area contributed by atoms with Crippen LogP contribution < -0.4 is 24.4 Å². The molecule has 214 valence electrons. The van der Waals surface area contributed by atoms with Crippen LogP contribution in [0.1, 0.15) is 69.2 Å². The molecule has 0 saturated heterocycles. The number of anilines is 2. The molecule has 0 radical (unpaired) electrons. The van der Waals surface area contributed by atoms with E-state index in [2.05, 4.69) is 50.4 Å². The van der Waals surface area contributed by atoms with Crippen LogP contribution in [0.5, 0.6) is 17.2 Å². The molecular weight excluding hydrogens is 516 g/mol. The molecule has 3 aromatic rings. The van der Waals surface area contributed by atoms with E-state index in [-0.39, 0.29) is 23.0 Å². The lowest BCUT2D eigenvalue weighted by Crippen LogP contribution is -2.37. The summed E-state index contributed by atoms with van der Waals surface area (Å²) < 4.78 is 16.9. The zero-order valence-corrected chi connectivity index (χ0v) is 24.8. The van der Waals surface area contributed by atoms with Gasteiger partial charge in [-0.2, -0.15) is 0 Å². The third-order valence-electron chi connectivity index (χ3n) is 8.08. The van der Waals surface area contributed by atoms with Crippen molar-refractivity contribution >= 4 is 23.1 Å². The normalized spacial score (nSPS) is 18.6. The third-order valence-corrected chi connectivity index (χ3v) is 8.08. The van der Waals surface area contributed by atoms with Gasteiger partial charge in [0.05, 0.1) is 38.7 Å². The van der Waals surface area contributed by atoms with Crippen LogP contribution in [0.15, 0.2) is 71.9 Å². The van der Waals surface area contributed by atoms with Crippen LogP contribution in [0.2, 0.25) is 0 Å². The molecule has 2 atom stereocenters. The first-order chi connectivity index (χ1) is 19.6. The summed E-state index contributed by atoms with van der Waals surface area (Å²) in [5.74, 6) is 1.19. The molecule has 0 fully saturated rings. The number of Topliss-reactive ketones (excluding diaryl/α,β-unsaturated/α-hetero) is 1. The second kappa shape index (κ2) is 11.0. The van der Waals surface area contributed by atoms with E-state index in [0.717, 1.165) is 16.9 Å². The lowest BCUT2D eigenvalue weighted by atomic mass is 9.77. The SMILES string of the molecule is COc1cc([C@@H]2C3=C(C[C@@H](c4ccc(C(C)(C)C)cc4)CC3=O)Nc3ccccc3N2C(C)=O)cc(OC)c1OC. The molecule has 1 N–H and O–H groups in total. The van der Waals surface area contributed by atoms with Crippen LogP contribution in [0.4, 0.5) is 11.4 Å². The van der Waals surface area contributed by atoms with Crippen LogP contribution in [-0.4, -0.2) is 33.0 Å². The van der Waals surface area contributed by atoms with Gasteiger partial charge in [0, 0.05) is 24.6 Å². The Morgan fingerprint density at radius 2 is 1.51 bits per heavy atom. The minimum atomic E-state index is -0.691. The highest BCUT2D eigenvalue weighted by molar-refractivity contribution is 6.06. The minimum Gasteiger partial charge on any atom is -0.493 e. The molecule has 3 aromatic carbocycles. The van der Waals surface area contributed by atoms with Crippen LogP contribution >= 0.6 is 0 Å². The summed E-state index contributed by atoms with van der Waals surface area (Å²) in [7, 11) is 4.66. The van der Waals surface area contributed by atoms with Crippen LogP contribution in [0, 0.1) is 0 Å². The Kier molecular flexibility index (Phi) is 7.56. The van der Waals surface area contributed by atoms with Gasteiger partial charge in [-0.15, -0.1) is 0 Å². The molecule has 1 amide bonds. The molecule has 0 bridgehead atoms. The van der Waals surface area contributed by atoms with Crippen molar-refractivity contribution in [2.75, 3.05) is 31.5 Å². The highest BCUT2D eigenvalue weighted by Crippen LogP contribution is 2.50. The Morgan fingerprint density at radius 1 is 0.878 bits per heavy atom. The standard InChI is InChI=1S/C34H38N2O5/c1-20(37)36-27-11-9-8-10-25(27)35-26-16-22(21-12-14-24(15-13-21)34(2,3)4)17-28(38)31(26)32(36)23-18-29(39-5)33(41-7)30(19-23)40-6/h8-15,18-19,22,32,35H,16-17H2,1-7H3/t22-,32-/m1/s1. The zero-order chi connectivity index (χ0) is 29.5. The number of nitrogens with zero attached hydrogens (tertiary/aromatic N) is 1. The third kappa shape index (κ3) is 5.17. The number of ketones is 1. The monoisotopic (exact) mass is 554 g/mol. The summed E-state index contributed by atoms with van der Waals surface area (Å²) in [5, 5.41) is 3.57. The van der Waals surface area contributed by atoms with Crippen LogP contribution in [0.3, 0.4) is 0 Å². The van der Waals surface area contributed by atoms with E-state index in [1.54, 1.807) is 26.2 Å². The fraction of sp³-hybridized carbons (Fsp3) is 0.353. The first-order valence-electron chi connectivity index (χ1n) is 13.9. The van der Waals surface area contributed by atoms with Crippen LogP contribution in [0.25, 0.3) is 0 Å². The van der Waals surface area contributed by atoms with Crippen molar-refractivity contribution in [2.24, 2.45) is 0 Å². The maximum atomic E-state index is 14.2. The Hall–Kier alpha value is -4.26.